The largest absolute Gasteiger partial charge is 0.473 e. The maximum absolute atomic E-state index is 12.4. The molecular weight excluding hydrogens is 350 g/mol. The van der Waals surface area contributed by atoms with E-state index in [0.29, 0.717) is 6.54 Å². The number of rotatable bonds is 7. The Hall–Kier alpha value is -2.45. The monoisotopic (exact) mass is 379 g/mol. The molecule has 0 bridgehead atoms. The van der Waals surface area contributed by atoms with Gasteiger partial charge in [0.15, 0.2) is 0 Å². The van der Waals surface area contributed by atoms with E-state index in [0.717, 1.165) is 51.3 Å². The molecule has 0 saturated carbocycles. The van der Waals surface area contributed by atoms with Gasteiger partial charge < -0.3 is 25.3 Å². The van der Waals surface area contributed by atoms with Crippen LogP contribution in [0.3, 0.4) is 0 Å². The average molecular weight is 379 g/mol. The number of para-hydroxylation sites is 1. The van der Waals surface area contributed by atoms with Crippen LogP contribution < -0.4 is 10.2 Å². The number of carboxylic acids is 2. The highest BCUT2D eigenvalue weighted by molar-refractivity contribution is 6.27. The number of carbonyl (C=O) groups is 3. The van der Waals surface area contributed by atoms with Gasteiger partial charge in [-0.15, -0.1) is 0 Å². The Bertz CT molecular complexity index is 620. The van der Waals surface area contributed by atoms with Crippen molar-refractivity contribution in [3.63, 3.8) is 0 Å². The summed E-state index contributed by atoms with van der Waals surface area (Å²) in [5.41, 5.74) is 2.39. The molecular formula is C19H29N3O5. The van der Waals surface area contributed by atoms with Gasteiger partial charge in [-0.1, -0.05) is 32.0 Å². The molecule has 150 valence electrons. The minimum atomic E-state index is -1.82. The molecule has 0 spiro atoms. The maximum atomic E-state index is 12.4. The van der Waals surface area contributed by atoms with Gasteiger partial charge in [-0.05, 0) is 37.6 Å². The Morgan fingerprint density at radius 1 is 1.11 bits per heavy atom. The van der Waals surface area contributed by atoms with Crippen molar-refractivity contribution < 1.29 is 24.6 Å². The molecule has 1 aliphatic heterocycles. The second-order valence-electron chi connectivity index (χ2n) is 6.09. The zero-order valence-electron chi connectivity index (χ0n) is 16.0. The van der Waals surface area contributed by atoms with Gasteiger partial charge in [0.2, 0.25) is 5.91 Å². The van der Waals surface area contributed by atoms with Crippen molar-refractivity contribution in [2.24, 2.45) is 0 Å². The first-order chi connectivity index (χ1) is 12.9. The molecule has 0 atom stereocenters. The van der Waals surface area contributed by atoms with Crippen molar-refractivity contribution >= 4 is 23.5 Å². The summed E-state index contributed by atoms with van der Waals surface area (Å²) in [7, 11) is 0. The van der Waals surface area contributed by atoms with E-state index >= 15 is 0 Å². The van der Waals surface area contributed by atoms with Crippen LogP contribution in [-0.4, -0.2) is 72.2 Å². The minimum absolute atomic E-state index is 0.182. The van der Waals surface area contributed by atoms with Crippen molar-refractivity contribution in [2.45, 2.75) is 26.7 Å². The summed E-state index contributed by atoms with van der Waals surface area (Å²) in [6, 6.07) is 8.25. The first-order valence-electron chi connectivity index (χ1n) is 9.18. The van der Waals surface area contributed by atoms with Crippen molar-refractivity contribution in [3.8, 4) is 0 Å². The van der Waals surface area contributed by atoms with E-state index in [1.54, 1.807) is 0 Å². The van der Waals surface area contributed by atoms with Crippen LogP contribution in [-0.2, 0) is 20.8 Å². The molecule has 0 fully saturated rings. The fraction of sp³-hybridized carbons (Fsp3) is 0.526. The number of carbonyl (C=O) groups excluding carboxylic acids is 1. The first-order valence-corrected chi connectivity index (χ1v) is 9.18. The lowest BCUT2D eigenvalue weighted by Gasteiger charge is -2.29. The zero-order valence-corrected chi connectivity index (χ0v) is 16.0. The summed E-state index contributed by atoms with van der Waals surface area (Å²) in [6.45, 7) is 9.58. The van der Waals surface area contributed by atoms with E-state index < -0.39 is 11.9 Å². The van der Waals surface area contributed by atoms with E-state index in [1.165, 1.54) is 5.56 Å². The number of likely N-dealkylation sites (N-methyl/N-ethyl adjacent to an activating group) is 1. The third-order valence-electron chi connectivity index (χ3n) is 4.37. The van der Waals surface area contributed by atoms with Gasteiger partial charge in [0.25, 0.3) is 0 Å². The molecule has 3 N–H and O–H groups in total. The minimum Gasteiger partial charge on any atom is -0.473 e. The molecule has 1 heterocycles. The number of benzene rings is 1. The van der Waals surface area contributed by atoms with Crippen molar-refractivity contribution in [3.05, 3.63) is 29.8 Å². The van der Waals surface area contributed by atoms with Crippen LogP contribution in [0.2, 0.25) is 0 Å². The van der Waals surface area contributed by atoms with Gasteiger partial charge in [0, 0.05) is 25.3 Å². The number of fused-ring (bicyclic) bond motifs is 1. The summed E-state index contributed by atoms with van der Waals surface area (Å²) in [4.78, 5) is 34.9. The molecule has 0 saturated heterocycles. The third-order valence-corrected chi connectivity index (χ3v) is 4.37. The molecule has 27 heavy (non-hydrogen) atoms. The van der Waals surface area contributed by atoms with E-state index in [4.69, 9.17) is 19.8 Å². The number of aryl methyl sites for hydroxylation is 1. The number of anilines is 1. The Labute approximate surface area is 159 Å². The van der Waals surface area contributed by atoms with E-state index in [1.807, 2.05) is 11.0 Å². The number of carboxylic acid groups (broad SMARTS) is 2. The molecule has 0 aliphatic carbocycles. The summed E-state index contributed by atoms with van der Waals surface area (Å²) in [6.07, 6.45) is 2.14. The molecule has 0 aromatic heterocycles. The van der Waals surface area contributed by atoms with Gasteiger partial charge in [-0.3, -0.25) is 4.79 Å². The van der Waals surface area contributed by atoms with Crippen LogP contribution in [0.5, 0.6) is 0 Å². The standard InChI is InChI=1S/C17H27N3O.C2H2O4/c1-3-19(4-2)13-11-18-14-17(21)20-12-7-9-15-8-5-6-10-16(15)20;3-1(4)2(5)6/h5-6,8,10,18H,3-4,7,9,11-14H2,1-2H3;(H,3,4)(H,5,6). The van der Waals surface area contributed by atoms with Crippen LogP contribution in [0.25, 0.3) is 0 Å². The van der Waals surface area contributed by atoms with Gasteiger partial charge in [-0.25, -0.2) is 9.59 Å². The molecule has 2 rings (SSSR count). The highest BCUT2D eigenvalue weighted by atomic mass is 16.4. The van der Waals surface area contributed by atoms with E-state index in [2.05, 4.69) is 42.3 Å². The van der Waals surface area contributed by atoms with Crippen LogP contribution in [0.4, 0.5) is 5.69 Å². The predicted molar refractivity (Wildman–Crippen MR) is 103 cm³/mol. The highest BCUT2D eigenvalue weighted by Gasteiger charge is 2.21. The highest BCUT2D eigenvalue weighted by Crippen LogP contribution is 2.26. The number of amides is 1. The molecule has 1 amide bonds. The van der Waals surface area contributed by atoms with Crippen LogP contribution in [0, 0.1) is 0 Å². The van der Waals surface area contributed by atoms with E-state index in [9.17, 15) is 4.79 Å². The molecule has 1 aromatic rings. The summed E-state index contributed by atoms with van der Waals surface area (Å²) in [5.74, 6) is -3.47. The van der Waals surface area contributed by atoms with Gasteiger partial charge >= 0.3 is 11.9 Å². The second kappa shape index (κ2) is 12.0. The number of hydrogen-bond acceptors (Lipinski definition) is 5. The summed E-state index contributed by atoms with van der Waals surface area (Å²) < 4.78 is 0. The SMILES string of the molecule is CCN(CC)CCNCC(=O)N1CCCc2ccccc21.O=C(O)C(=O)O. The molecule has 8 heteroatoms. The molecule has 0 unspecified atom stereocenters. The van der Waals surface area contributed by atoms with Crippen molar-refractivity contribution in [2.75, 3.05) is 44.2 Å². The topological polar surface area (TPSA) is 110 Å². The lowest BCUT2D eigenvalue weighted by molar-refractivity contribution is -0.159. The Kier molecular flexibility index (Phi) is 10.1. The number of nitrogens with one attached hydrogen (secondary N) is 1. The van der Waals surface area contributed by atoms with E-state index in [-0.39, 0.29) is 5.91 Å². The first kappa shape index (κ1) is 22.6. The van der Waals surface area contributed by atoms with Crippen LogP contribution in [0.15, 0.2) is 24.3 Å². The second-order valence-corrected chi connectivity index (χ2v) is 6.09. The van der Waals surface area contributed by atoms with Gasteiger partial charge in [0.1, 0.15) is 0 Å². The molecule has 0 radical (unpaired) electrons. The Balaban J connectivity index is 0.000000527. The maximum Gasteiger partial charge on any atom is 0.414 e. The van der Waals surface area contributed by atoms with Crippen LogP contribution >= 0.6 is 0 Å². The average Bonchev–Trinajstić information content (AvgIpc) is 2.68. The zero-order chi connectivity index (χ0) is 20.2. The smallest absolute Gasteiger partial charge is 0.414 e. The molecule has 8 nitrogen and oxygen atoms in total. The fourth-order valence-electron chi connectivity index (χ4n) is 2.86. The van der Waals surface area contributed by atoms with Crippen molar-refractivity contribution in [1.29, 1.82) is 0 Å². The fourth-order valence-corrected chi connectivity index (χ4v) is 2.86. The Morgan fingerprint density at radius 3 is 2.33 bits per heavy atom. The number of aliphatic carboxylic acids is 2. The summed E-state index contributed by atoms with van der Waals surface area (Å²) in [5, 5.41) is 18.1. The van der Waals surface area contributed by atoms with Gasteiger partial charge in [0.05, 0.1) is 6.54 Å². The predicted octanol–water partition coefficient (Wildman–Crippen LogP) is 1.05. The lowest BCUT2D eigenvalue weighted by Crippen LogP contribution is -2.42. The lowest BCUT2D eigenvalue weighted by atomic mass is 10.0. The quantitative estimate of drug-likeness (QED) is 0.480. The van der Waals surface area contributed by atoms with Gasteiger partial charge in [-0.2, -0.15) is 0 Å². The normalized spacial score (nSPS) is 12.8. The Morgan fingerprint density at radius 2 is 1.74 bits per heavy atom. The van der Waals surface area contributed by atoms with Crippen molar-refractivity contribution in [1.82, 2.24) is 10.2 Å². The van der Waals surface area contributed by atoms with Crippen LogP contribution in [0.1, 0.15) is 25.8 Å². The molecule has 1 aromatic carbocycles. The summed E-state index contributed by atoms with van der Waals surface area (Å²) >= 11 is 0. The number of hydrogen-bond donors (Lipinski definition) is 3. The number of nitrogens with zero attached hydrogens (tertiary/aromatic N) is 2. The molecule has 1 aliphatic rings. The third kappa shape index (κ3) is 7.76.